The quantitative estimate of drug-likeness (QED) is 0.256. The zero-order valence-electron chi connectivity index (χ0n) is 17.1. The predicted molar refractivity (Wildman–Crippen MR) is 124 cm³/mol. The number of para-hydroxylation sites is 2. The van der Waals surface area contributed by atoms with E-state index in [9.17, 15) is 4.79 Å². The van der Waals surface area contributed by atoms with Gasteiger partial charge >= 0.3 is 0 Å². The molecule has 0 unspecified atom stereocenters. The third-order valence-electron chi connectivity index (χ3n) is 4.61. The molecule has 31 heavy (non-hydrogen) atoms. The van der Waals surface area contributed by atoms with Crippen molar-refractivity contribution in [3.8, 4) is 5.75 Å². The van der Waals surface area contributed by atoms with Crippen LogP contribution in [0.3, 0.4) is 0 Å². The van der Waals surface area contributed by atoms with Crippen LogP contribution in [0.2, 0.25) is 0 Å². The molecule has 4 rings (SSSR count). The largest absolute Gasteiger partial charge is 0.489 e. The number of aryl methyl sites for hydroxylation is 1. The van der Waals surface area contributed by atoms with Crippen molar-refractivity contribution in [1.82, 2.24) is 15.0 Å². The molecule has 156 valence electrons. The molecule has 6 nitrogen and oxygen atoms in total. The number of imidazole rings is 1. The molecule has 4 aromatic rings. The molecular formula is C24H22N4O2S. The van der Waals surface area contributed by atoms with E-state index >= 15 is 0 Å². The van der Waals surface area contributed by atoms with E-state index in [4.69, 9.17) is 4.74 Å². The Hall–Kier alpha value is -3.58. The van der Waals surface area contributed by atoms with E-state index in [-0.39, 0.29) is 11.7 Å². The Morgan fingerprint density at radius 2 is 1.81 bits per heavy atom. The minimum Gasteiger partial charge on any atom is -0.489 e. The SMILES string of the molecule is Cn1c(SCC(=O)N/N=C\c2ccc(OCc3ccccc3)cc2)nc2ccccc21. The molecule has 0 atom stereocenters. The molecule has 0 spiro atoms. The van der Waals surface area contributed by atoms with Crippen molar-refractivity contribution in [2.24, 2.45) is 12.1 Å². The fourth-order valence-corrected chi connectivity index (χ4v) is 3.76. The van der Waals surface area contributed by atoms with Crippen LogP contribution in [0.4, 0.5) is 0 Å². The van der Waals surface area contributed by atoms with Crippen molar-refractivity contribution in [2.75, 3.05) is 5.75 Å². The average molecular weight is 431 g/mol. The number of hydrogen-bond acceptors (Lipinski definition) is 5. The second kappa shape index (κ2) is 9.95. The monoisotopic (exact) mass is 430 g/mol. The topological polar surface area (TPSA) is 68.5 Å². The van der Waals surface area contributed by atoms with Crippen LogP contribution in [0.15, 0.2) is 89.1 Å². The second-order valence-corrected chi connectivity index (χ2v) is 7.81. The molecule has 1 aromatic heterocycles. The first-order valence-corrected chi connectivity index (χ1v) is 10.8. The molecule has 0 saturated carbocycles. The first-order valence-electron chi connectivity index (χ1n) is 9.82. The molecule has 0 aliphatic heterocycles. The number of rotatable bonds is 8. The van der Waals surface area contributed by atoms with Gasteiger partial charge in [0.1, 0.15) is 12.4 Å². The summed E-state index contributed by atoms with van der Waals surface area (Å²) in [5, 5.41) is 4.83. The number of carbonyl (C=O) groups excluding carboxylic acids is 1. The number of thioether (sulfide) groups is 1. The lowest BCUT2D eigenvalue weighted by Gasteiger charge is -2.06. The Kier molecular flexibility index (Phi) is 6.64. The van der Waals surface area contributed by atoms with E-state index in [1.54, 1.807) is 6.21 Å². The van der Waals surface area contributed by atoms with Crippen LogP contribution in [0.5, 0.6) is 5.75 Å². The van der Waals surface area contributed by atoms with E-state index in [0.717, 1.165) is 33.1 Å². The molecule has 0 radical (unpaired) electrons. The van der Waals surface area contributed by atoms with Crippen LogP contribution in [0.1, 0.15) is 11.1 Å². The number of ether oxygens (including phenoxy) is 1. The van der Waals surface area contributed by atoms with Crippen molar-refractivity contribution >= 4 is 34.9 Å². The van der Waals surface area contributed by atoms with Crippen molar-refractivity contribution in [3.05, 3.63) is 90.0 Å². The van der Waals surface area contributed by atoms with Gasteiger partial charge < -0.3 is 9.30 Å². The van der Waals surface area contributed by atoms with Crippen LogP contribution in [-0.2, 0) is 18.4 Å². The van der Waals surface area contributed by atoms with E-state index in [0.29, 0.717) is 6.61 Å². The molecule has 0 bridgehead atoms. The molecular weight excluding hydrogens is 408 g/mol. The number of aromatic nitrogens is 2. The highest BCUT2D eigenvalue weighted by Gasteiger charge is 2.09. The van der Waals surface area contributed by atoms with Crippen molar-refractivity contribution in [1.29, 1.82) is 0 Å². The molecule has 0 saturated heterocycles. The standard InChI is InChI=1S/C24H22N4O2S/c1-28-22-10-6-5-9-21(22)26-24(28)31-17-23(29)27-25-15-18-11-13-20(14-12-18)30-16-19-7-3-2-4-8-19/h2-15H,16-17H2,1H3,(H,27,29)/b25-15-. The highest BCUT2D eigenvalue weighted by molar-refractivity contribution is 7.99. The molecule has 0 aliphatic rings. The fraction of sp³-hybridized carbons (Fsp3) is 0.125. The number of hydrogen-bond donors (Lipinski definition) is 1. The lowest BCUT2D eigenvalue weighted by atomic mass is 10.2. The molecule has 7 heteroatoms. The summed E-state index contributed by atoms with van der Waals surface area (Å²) < 4.78 is 7.75. The van der Waals surface area contributed by atoms with Crippen molar-refractivity contribution in [3.63, 3.8) is 0 Å². The number of fused-ring (bicyclic) bond motifs is 1. The molecule has 0 fully saturated rings. The van der Waals surface area contributed by atoms with Crippen LogP contribution < -0.4 is 10.2 Å². The molecule has 0 aliphatic carbocycles. The summed E-state index contributed by atoms with van der Waals surface area (Å²) in [6.07, 6.45) is 1.61. The number of carbonyl (C=O) groups is 1. The minimum absolute atomic E-state index is 0.184. The van der Waals surface area contributed by atoms with Gasteiger partial charge in [-0.25, -0.2) is 10.4 Å². The van der Waals surface area contributed by atoms with Crippen LogP contribution in [0.25, 0.3) is 11.0 Å². The summed E-state index contributed by atoms with van der Waals surface area (Å²) in [6.45, 7) is 0.521. The van der Waals surface area contributed by atoms with Gasteiger partial charge in [-0.15, -0.1) is 0 Å². The van der Waals surface area contributed by atoms with Gasteiger partial charge in [-0.05, 0) is 47.5 Å². The highest BCUT2D eigenvalue weighted by atomic mass is 32.2. The fourth-order valence-electron chi connectivity index (χ4n) is 2.98. The lowest BCUT2D eigenvalue weighted by Crippen LogP contribution is -2.19. The second-order valence-electron chi connectivity index (χ2n) is 6.87. The molecule has 1 N–H and O–H groups in total. The minimum atomic E-state index is -0.184. The Labute approximate surface area is 185 Å². The lowest BCUT2D eigenvalue weighted by molar-refractivity contribution is -0.118. The van der Waals surface area contributed by atoms with Gasteiger partial charge in [-0.2, -0.15) is 5.10 Å². The van der Waals surface area contributed by atoms with Gasteiger partial charge in [0, 0.05) is 7.05 Å². The van der Waals surface area contributed by atoms with Gasteiger partial charge in [-0.3, -0.25) is 4.79 Å². The number of hydrazone groups is 1. The first-order chi connectivity index (χ1) is 15.2. The van der Waals surface area contributed by atoms with E-state index in [1.807, 2.05) is 90.5 Å². The van der Waals surface area contributed by atoms with Gasteiger partial charge in [0.2, 0.25) is 0 Å². The number of nitrogens with one attached hydrogen (secondary N) is 1. The smallest absolute Gasteiger partial charge is 0.250 e. The van der Waals surface area contributed by atoms with Gasteiger partial charge in [0.25, 0.3) is 5.91 Å². The Morgan fingerprint density at radius 3 is 2.58 bits per heavy atom. The Morgan fingerprint density at radius 1 is 1.06 bits per heavy atom. The van der Waals surface area contributed by atoms with Crippen LogP contribution >= 0.6 is 11.8 Å². The third-order valence-corrected chi connectivity index (χ3v) is 5.64. The Balaban J connectivity index is 1.24. The summed E-state index contributed by atoms with van der Waals surface area (Å²) in [5.74, 6) is 0.834. The summed E-state index contributed by atoms with van der Waals surface area (Å²) in [5.41, 5.74) is 6.51. The van der Waals surface area contributed by atoms with Gasteiger partial charge in [0.05, 0.1) is 23.0 Å². The number of benzene rings is 3. The van der Waals surface area contributed by atoms with Gasteiger partial charge in [-0.1, -0.05) is 54.2 Å². The summed E-state index contributed by atoms with van der Waals surface area (Å²) in [6, 6.07) is 25.5. The van der Waals surface area contributed by atoms with E-state index < -0.39 is 0 Å². The maximum absolute atomic E-state index is 12.1. The first kappa shape index (κ1) is 20.7. The highest BCUT2D eigenvalue weighted by Crippen LogP contribution is 2.22. The van der Waals surface area contributed by atoms with Crippen molar-refractivity contribution < 1.29 is 9.53 Å². The zero-order chi connectivity index (χ0) is 21.5. The maximum atomic E-state index is 12.1. The van der Waals surface area contributed by atoms with Crippen LogP contribution in [-0.4, -0.2) is 27.4 Å². The maximum Gasteiger partial charge on any atom is 0.250 e. The zero-order valence-corrected chi connectivity index (χ0v) is 17.9. The molecule has 1 heterocycles. The van der Waals surface area contributed by atoms with Gasteiger partial charge in [0.15, 0.2) is 5.16 Å². The molecule has 3 aromatic carbocycles. The average Bonchev–Trinajstić information content (AvgIpc) is 3.13. The molecule has 1 amide bonds. The predicted octanol–water partition coefficient (Wildman–Crippen LogP) is 4.39. The summed E-state index contributed by atoms with van der Waals surface area (Å²) in [4.78, 5) is 16.7. The summed E-state index contributed by atoms with van der Waals surface area (Å²) >= 11 is 1.38. The third kappa shape index (κ3) is 5.52. The normalized spacial score (nSPS) is 11.1. The van der Waals surface area contributed by atoms with E-state index in [1.165, 1.54) is 11.8 Å². The number of nitrogens with zero attached hydrogens (tertiary/aromatic N) is 3. The van der Waals surface area contributed by atoms with E-state index in [2.05, 4.69) is 15.5 Å². The summed E-state index contributed by atoms with van der Waals surface area (Å²) in [7, 11) is 1.95. The number of amides is 1. The Bertz CT molecular complexity index is 1190. The van der Waals surface area contributed by atoms with Crippen molar-refractivity contribution in [2.45, 2.75) is 11.8 Å². The van der Waals surface area contributed by atoms with Crippen LogP contribution in [0, 0.1) is 0 Å².